The maximum atomic E-state index is 12.2. The van der Waals surface area contributed by atoms with Crippen LogP contribution in [0.3, 0.4) is 0 Å². The van der Waals surface area contributed by atoms with Crippen LogP contribution in [0, 0.1) is 17.8 Å². The minimum Gasteiger partial charge on any atom is -0.497 e. The van der Waals surface area contributed by atoms with E-state index in [-0.39, 0.29) is 24.5 Å². The fraction of sp³-hybridized carbons (Fsp3) is 0.611. The second kappa shape index (κ2) is 6.69. The molecule has 120 valence electrons. The van der Waals surface area contributed by atoms with Crippen LogP contribution >= 0.6 is 0 Å². The molecule has 1 aromatic rings. The molecule has 1 aromatic carbocycles. The minimum absolute atomic E-state index is 0.0961. The number of ether oxygens (including phenoxy) is 1. The van der Waals surface area contributed by atoms with Crippen molar-refractivity contribution in [1.29, 1.82) is 0 Å². The molecule has 4 unspecified atom stereocenters. The summed E-state index contributed by atoms with van der Waals surface area (Å²) in [6, 6.07) is 8.03. The number of hydrogen-bond acceptors (Lipinski definition) is 3. The molecule has 3 rings (SSSR count). The Morgan fingerprint density at radius 1 is 1.36 bits per heavy atom. The second-order valence-electron chi connectivity index (χ2n) is 6.62. The number of nitrogens with one attached hydrogen (secondary N) is 1. The highest BCUT2D eigenvalue weighted by atomic mass is 16.5. The van der Waals surface area contributed by atoms with E-state index in [1.165, 1.54) is 19.3 Å². The number of methoxy groups -OCH3 is 1. The summed E-state index contributed by atoms with van der Waals surface area (Å²) < 4.78 is 5.20. The molecule has 0 aliphatic heterocycles. The molecule has 1 amide bonds. The molecule has 2 fully saturated rings. The van der Waals surface area contributed by atoms with E-state index in [4.69, 9.17) is 4.74 Å². The summed E-state index contributed by atoms with van der Waals surface area (Å²) in [5, 5.41) is 12.8. The van der Waals surface area contributed by atoms with E-state index in [0.717, 1.165) is 11.3 Å². The Labute approximate surface area is 131 Å². The summed E-state index contributed by atoms with van der Waals surface area (Å²) in [6.07, 6.45) is 4.78. The molecule has 4 nitrogen and oxygen atoms in total. The number of aliphatic hydroxyl groups is 1. The minimum atomic E-state index is 0.0961. The first-order valence-corrected chi connectivity index (χ1v) is 8.24. The van der Waals surface area contributed by atoms with Gasteiger partial charge in [-0.25, -0.2) is 0 Å². The number of amides is 1. The molecule has 0 spiro atoms. The van der Waals surface area contributed by atoms with Crippen molar-refractivity contribution in [1.82, 2.24) is 5.32 Å². The average Bonchev–Trinajstić information content (AvgIpc) is 3.14. The van der Waals surface area contributed by atoms with Crippen LogP contribution in [0.1, 0.15) is 31.2 Å². The molecular formula is C18H25NO3. The molecule has 2 aliphatic rings. The van der Waals surface area contributed by atoms with Crippen LogP contribution in [0.25, 0.3) is 0 Å². The highest BCUT2D eigenvalue weighted by Gasteiger charge is 2.47. The summed E-state index contributed by atoms with van der Waals surface area (Å²) in [4.78, 5) is 12.2. The Balaban J connectivity index is 1.52. The van der Waals surface area contributed by atoms with Crippen molar-refractivity contribution in [3.8, 4) is 5.75 Å². The molecule has 2 aliphatic carbocycles. The van der Waals surface area contributed by atoms with E-state index < -0.39 is 0 Å². The van der Waals surface area contributed by atoms with Crippen molar-refractivity contribution < 1.29 is 14.6 Å². The van der Waals surface area contributed by atoms with Crippen LogP contribution in [-0.4, -0.2) is 30.8 Å². The molecule has 4 heteroatoms. The molecule has 2 N–H and O–H groups in total. The maximum absolute atomic E-state index is 12.2. The van der Waals surface area contributed by atoms with Gasteiger partial charge in [0.2, 0.25) is 5.91 Å². The molecule has 0 saturated heterocycles. The van der Waals surface area contributed by atoms with E-state index in [1.807, 2.05) is 24.3 Å². The van der Waals surface area contributed by atoms with Gasteiger partial charge in [-0.15, -0.1) is 0 Å². The third-order valence-corrected chi connectivity index (χ3v) is 5.40. The SMILES string of the molecule is COc1cccc(CCC(=O)NC2C3CCC(C3)C2CO)c1. The predicted octanol–water partition coefficient (Wildman–Crippen LogP) is 2.15. The summed E-state index contributed by atoms with van der Waals surface area (Å²) in [7, 11) is 1.65. The number of hydrogen-bond donors (Lipinski definition) is 2. The monoisotopic (exact) mass is 303 g/mol. The van der Waals surface area contributed by atoms with Crippen LogP contribution in [0.2, 0.25) is 0 Å². The van der Waals surface area contributed by atoms with Gasteiger partial charge >= 0.3 is 0 Å². The molecule has 0 heterocycles. The Hall–Kier alpha value is -1.55. The number of fused-ring (bicyclic) bond motifs is 2. The van der Waals surface area contributed by atoms with Crippen LogP contribution in [0.4, 0.5) is 0 Å². The summed E-state index contributed by atoms with van der Waals surface area (Å²) in [5.74, 6) is 2.37. The molecule has 4 atom stereocenters. The fourth-order valence-corrected chi connectivity index (χ4v) is 4.24. The van der Waals surface area contributed by atoms with Crippen LogP contribution in [-0.2, 0) is 11.2 Å². The van der Waals surface area contributed by atoms with Crippen molar-refractivity contribution in [3.05, 3.63) is 29.8 Å². The number of carbonyl (C=O) groups excluding carboxylic acids is 1. The van der Waals surface area contributed by atoms with E-state index in [0.29, 0.717) is 24.7 Å². The third-order valence-electron chi connectivity index (χ3n) is 5.40. The molecule has 0 aromatic heterocycles. The van der Waals surface area contributed by atoms with Gasteiger partial charge in [0, 0.05) is 25.0 Å². The molecular weight excluding hydrogens is 278 g/mol. The van der Waals surface area contributed by atoms with Crippen LogP contribution < -0.4 is 10.1 Å². The zero-order valence-electron chi connectivity index (χ0n) is 13.1. The largest absolute Gasteiger partial charge is 0.497 e. The number of benzene rings is 1. The standard InChI is InChI=1S/C18H25NO3/c1-22-15-4-2-3-12(9-15)5-8-17(21)19-18-14-7-6-13(10-14)16(18)11-20/h2-4,9,13-14,16,18,20H,5-8,10-11H2,1H3,(H,19,21). The van der Waals surface area contributed by atoms with Crippen molar-refractivity contribution in [2.75, 3.05) is 13.7 Å². The van der Waals surface area contributed by atoms with Gasteiger partial charge in [-0.05, 0) is 55.2 Å². The number of aryl methyl sites for hydroxylation is 1. The normalized spacial score (nSPS) is 29.5. The highest BCUT2D eigenvalue weighted by Crippen LogP contribution is 2.48. The first kappa shape index (κ1) is 15.3. The van der Waals surface area contributed by atoms with Crippen LogP contribution in [0.5, 0.6) is 5.75 Å². The number of carbonyl (C=O) groups is 1. The lowest BCUT2D eigenvalue weighted by Gasteiger charge is -2.30. The summed E-state index contributed by atoms with van der Waals surface area (Å²) >= 11 is 0. The van der Waals surface area contributed by atoms with Crippen molar-refractivity contribution in [2.45, 2.75) is 38.1 Å². The quantitative estimate of drug-likeness (QED) is 0.846. The Morgan fingerprint density at radius 2 is 2.18 bits per heavy atom. The first-order valence-electron chi connectivity index (χ1n) is 8.24. The molecule has 2 saturated carbocycles. The van der Waals surface area contributed by atoms with E-state index in [2.05, 4.69) is 5.32 Å². The lowest BCUT2D eigenvalue weighted by molar-refractivity contribution is -0.122. The Morgan fingerprint density at radius 3 is 2.95 bits per heavy atom. The maximum Gasteiger partial charge on any atom is 0.220 e. The van der Waals surface area contributed by atoms with E-state index in [9.17, 15) is 9.90 Å². The van der Waals surface area contributed by atoms with Crippen molar-refractivity contribution in [3.63, 3.8) is 0 Å². The smallest absolute Gasteiger partial charge is 0.220 e. The van der Waals surface area contributed by atoms with Gasteiger partial charge in [-0.1, -0.05) is 12.1 Å². The zero-order chi connectivity index (χ0) is 15.5. The van der Waals surface area contributed by atoms with E-state index >= 15 is 0 Å². The predicted molar refractivity (Wildman–Crippen MR) is 84.7 cm³/mol. The van der Waals surface area contributed by atoms with Crippen molar-refractivity contribution >= 4 is 5.91 Å². The van der Waals surface area contributed by atoms with Gasteiger partial charge in [0.25, 0.3) is 0 Å². The fourth-order valence-electron chi connectivity index (χ4n) is 4.24. The van der Waals surface area contributed by atoms with Gasteiger partial charge in [-0.3, -0.25) is 4.79 Å². The van der Waals surface area contributed by atoms with Crippen molar-refractivity contribution in [2.24, 2.45) is 17.8 Å². The lowest BCUT2D eigenvalue weighted by Crippen LogP contribution is -2.45. The lowest BCUT2D eigenvalue weighted by atomic mass is 9.85. The molecule has 0 radical (unpaired) electrons. The molecule has 2 bridgehead atoms. The summed E-state index contributed by atoms with van der Waals surface area (Å²) in [6.45, 7) is 0.196. The number of rotatable bonds is 6. The van der Waals surface area contributed by atoms with Gasteiger partial charge < -0.3 is 15.2 Å². The first-order chi connectivity index (χ1) is 10.7. The summed E-state index contributed by atoms with van der Waals surface area (Å²) in [5.41, 5.74) is 1.11. The average molecular weight is 303 g/mol. The zero-order valence-corrected chi connectivity index (χ0v) is 13.1. The highest BCUT2D eigenvalue weighted by molar-refractivity contribution is 5.76. The van der Waals surface area contributed by atoms with E-state index in [1.54, 1.807) is 7.11 Å². The van der Waals surface area contributed by atoms with Gasteiger partial charge in [-0.2, -0.15) is 0 Å². The third kappa shape index (κ3) is 3.12. The second-order valence-corrected chi connectivity index (χ2v) is 6.62. The van der Waals surface area contributed by atoms with Gasteiger partial charge in [0.05, 0.1) is 7.11 Å². The Bertz CT molecular complexity index is 531. The number of aliphatic hydroxyl groups excluding tert-OH is 1. The molecule has 22 heavy (non-hydrogen) atoms. The Kier molecular flexibility index (Phi) is 4.67. The van der Waals surface area contributed by atoms with Gasteiger partial charge in [0.15, 0.2) is 0 Å². The topological polar surface area (TPSA) is 58.6 Å². The van der Waals surface area contributed by atoms with Gasteiger partial charge in [0.1, 0.15) is 5.75 Å². The van der Waals surface area contributed by atoms with Crippen LogP contribution in [0.15, 0.2) is 24.3 Å².